The van der Waals surface area contributed by atoms with Gasteiger partial charge >= 0.3 is 5.97 Å². The van der Waals surface area contributed by atoms with Crippen LogP contribution in [0.1, 0.15) is 52.9 Å². The summed E-state index contributed by atoms with van der Waals surface area (Å²) in [5.41, 5.74) is -4.45. The van der Waals surface area contributed by atoms with Gasteiger partial charge in [0, 0.05) is 12.8 Å². The lowest BCUT2D eigenvalue weighted by molar-refractivity contribution is -0.162. The first kappa shape index (κ1) is 19.2. The second kappa shape index (κ2) is 7.15. The second-order valence-corrected chi connectivity index (χ2v) is 5.95. The molecule has 0 radical (unpaired) electrons. The first-order chi connectivity index (χ1) is 10.6. The minimum absolute atomic E-state index is 0.0274. The van der Waals surface area contributed by atoms with Crippen molar-refractivity contribution in [3.05, 3.63) is 12.2 Å². The quantitative estimate of drug-likeness (QED) is 0.408. The third-order valence-corrected chi connectivity index (χ3v) is 4.50. The Morgan fingerprint density at radius 2 is 1.91 bits per heavy atom. The molecule has 0 bridgehead atoms. The lowest BCUT2D eigenvalue weighted by Gasteiger charge is -2.37. The molecule has 0 amide bonds. The van der Waals surface area contributed by atoms with Crippen molar-refractivity contribution in [2.24, 2.45) is 5.41 Å². The van der Waals surface area contributed by atoms with Crippen LogP contribution in [0, 0.1) is 5.41 Å². The molecule has 1 rings (SSSR count). The molecule has 0 saturated heterocycles. The third kappa shape index (κ3) is 3.41. The molecular formula is C17H23FO5. The zero-order valence-corrected chi connectivity index (χ0v) is 13.9. The molecule has 6 heteroatoms. The molecule has 0 heterocycles. The third-order valence-electron chi connectivity index (χ3n) is 4.50. The van der Waals surface area contributed by atoms with E-state index in [9.17, 15) is 23.6 Å². The molecule has 1 aliphatic rings. The fraction of sp³-hybridized carbons (Fsp3) is 0.647. The van der Waals surface area contributed by atoms with Crippen LogP contribution in [0.4, 0.5) is 4.39 Å². The van der Waals surface area contributed by atoms with E-state index in [2.05, 4.69) is 11.3 Å². The molecule has 0 aromatic rings. The van der Waals surface area contributed by atoms with Crippen LogP contribution in [-0.4, -0.2) is 35.6 Å². The van der Waals surface area contributed by atoms with E-state index in [1.165, 1.54) is 13.8 Å². The minimum Gasteiger partial charge on any atom is -0.463 e. The van der Waals surface area contributed by atoms with Crippen LogP contribution in [0.25, 0.3) is 0 Å². The highest BCUT2D eigenvalue weighted by Gasteiger charge is 2.53. The summed E-state index contributed by atoms with van der Waals surface area (Å²) >= 11 is 0. The van der Waals surface area contributed by atoms with Crippen molar-refractivity contribution >= 4 is 23.3 Å². The summed E-state index contributed by atoms with van der Waals surface area (Å²) in [6.45, 7) is 7.30. The number of rotatable bonds is 7. The Labute approximate surface area is 135 Å². The molecule has 0 N–H and O–H groups in total. The molecule has 2 unspecified atom stereocenters. The average Bonchev–Trinajstić information content (AvgIpc) is 2.47. The Morgan fingerprint density at radius 1 is 1.30 bits per heavy atom. The number of carbonyl (C=O) groups excluding carboxylic acids is 4. The summed E-state index contributed by atoms with van der Waals surface area (Å²) in [5.74, 6) is -3.09. The molecule has 1 aliphatic carbocycles. The first-order valence-corrected chi connectivity index (χ1v) is 7.72. The molecule has 0 spiro atoms. The van der Waals surface area contributed by atoms with Crippen molar-refractivity contribution < 1.29 is 28.3 Å². The standard InChI is InChI=1S/C17H23FO5/c1-5-23-15(22)17(18,13(4)20)10-11(2)16(12(3)19)9-7-6-8-14(16)21/h2,5-10H2,1,3-4H3. The Bertz CT molecular complexity index is 553. The van der Waals surface area contributed by atoms with E-state index < -0.39 is 35.0 Å². The Balaban J connectivity index is 3.19. The van der Waals surface area contributed by atoms with Crippen LogP contribution in [0.3, 0.4) is 0 Å². The maximum absolute atomic E-state index is 15.0. The summed E-state index contributed by atoms with van der Waals surface area (Å²) < 4.78 is 19.6. The van der Waals surface area contributed by atoms with E-state index in [1.54, 1.807) is 0 Å². The molecule has 23 heavy (non-hydrogen) atoms. The monoisotopic (exact) mass is 326 g/mol. The number of halogens is 1. The van der Waals surface area contributed by atoms with Crippen molar-refractivity contribution in [3.8, 4) is 0 Å². The lowest BCUT2D eigenvalue weighted by atomic mass is 9.64. The van der Waals surface area contributed by atoms with Crippen LogP contribution >= 0.6 is 0 Å². The van der Waals surface area contributed by atoms with Crippen LogP contribution in [-0.2, 0) is 23.9 Å². The number of ether oxygens (including phenoxy) is 1. The summed E-state index contributed by atoms with van der Waals surface area (Å²) in [6.07, 6.45) is 1.01. The summed E-state index contributed by atoms with van der Waals surface area (Å²) in [5, 5.41) is 0. The van der Waals surface area contributed by atoms with Crippen LogP contribution in [0.5, 0.6) is 0 Å². The van der Waals surface area contributed by atoms with Crippen molar-refractivity contribution in [1.82, 2.24) is 0 Å². The Kier molecular flexibility index (Phi) is 5.97. The Hall–Kier alpha value is -1.85. The van der Waals surface area contributed by atoms with Gasteiger partial charge in [0.25, 0.3) is 5.67 Å². The number of Topliss-reactive ketones (excluding diaryl/α,β-unsaturated/α-hetero) is 3. The molecule has 2 atom stereocenters. The summed E-state index contributed by atoms with van der Waals surface area (Å²) in [4.78, 5) is 48.0. The zero-order valence-electron chi connectivity index (χ0n) is 13.9. The van der Waals surface area contributed by atoms with Crippen LogP contribution in [0.2, 0.25) is 0 Å². The maximum Gasteiger partial charge on any atom is 0.352 e. The highest BCUT2D eigenvalue weighted by atomic mass is 19.1. The zero-order chi connectivity index (χ0) is 17.8. The smallest absolute Gasteiger partial charge is 0.352 e. The number of hydrogen-bond donors (Lipinski definition) is 0. The molecule has 1 saturated carbocycles. The van der Waals surface area contributed by atoms with Gasteiger partial charge in [0.15, 0.2) is 5.78 Å². The van der Waals surface area contributed by atoms with Crippen molar-refractivity contribution in [3.63, 3.8) is 0 Å². The van der Waals surface area contributed by atoms with E-state index in [0.717, 1.165) is 6.92 Å². The van der Waals surface area contributed by atoms with Crippen LogP contribution < -0.4 is 0 Å². The second-order valence-electron chi connectivity index (χ2n) is 5.95. The minimum atomic E-state index is -2.92. The van der Waals surface area contributed by atoms with Gasteiger partial charge in [-0.2, -0.15) is 0 Å². The number of alkyl halides is 1. The van der Waals surface area contributed by atoms with Crippen molar-refractivity contribution in [1.29, 1.82) is 0 Å². The van der Waals surface area contributed by atoms with Gasteiger partial charge in [0.2, 0.25) is 0 Å². The van der Waals surface area contributed by atoms with Crippen molar-refractivity contribution in [2.75, 3.05) is 6.61 Å². The molecule has 0 aromatic heterocycles. The number of hydrogen-bond acceptors (Lipinski definition) is 5. The Morgan fingerprint density at radius 3 is 2.35 bits per heavy atom. The summed E-state index contributed by atoms with van der Waals surface area (Å²) in [6, 6.07) is 0. The lowest BCUT2D eigenvalue weighted by Crippen LogP contribution is -2.48. The largest absolute Gasteiger partial charge is 0.463 e. The van der Waals surface area contributed by atoms with E-state index in [4.69, 9.17) is 0 Å². The first-order valence-electron chi connectivity index (χ1n) is 7.72. The fourth-order valence-corrected chi connectivity index (χ4v) is 3.05. The molecule has 1 fully saturated rings. The van der Waals surface area contributed by atoms with Gasteiger partial charge in [-0.15, -0.1) is 0 Å². The van der Waals surface area contributed by atoms with Crippen molar-refractivity contribution in [2.45, 2.75) is 58.5 Å². The predicted molar refractivity (Wildman–Crippen MR) is 81.5 cm³/mol. The fourth-order valence-electron chi connectivity index (χ4n) is 3.05. The molecular weight excluding hydrogens is 303 g/mol. The predicted octanol–water partition coefficient (Wildman–Crippen LogP) is 2.51. The van der Waals surface area contributed by atoms with Gasteiger partial charge in [-0.3, -0.25) is 14.4 Å². The number of esters is 1. The van der Waals surface area contributed by atoms with E-state index in [-0.39, 0.29) is 30.8 Å². The van der Waals surface area contributed by atoms with Gasteiger partial charge in [0.05, 0.1) is 6.61 Å². The van der Waals surface area contributed by atoms with Crippen LogP contribution in [0.15, 0.2) is 12.2 Å². The topological polar surface area (TPSA) is 77.5 Å². The van der Waals surface area contributed by atoms with Gasteiger partial charge in [-0.05, 0) is 33.6 Å². The van der Waals surface area contributed by atoms with E-state index in [1.807, 2.05) is 0 Å². The molecule has 5 nitrogen and oxygen atoms in total. The van der Waals surface area contributed by atoms with E-state index >= 15 is 0 Å². The normalized spacial score (nSPS) is 23.7. The number of ketones is 3. The maximum atomic E-state index is 15.0. The highest BCUT2D eigenvalue weighted by molar-refractivity contribution is 6.11. The molecule has 128 valence electrons. The van der Waals surface area contributed by atoms with Gasteiger partial charge < -0.3 is 4.74 Å². The summed E-state index contributed by atoms with van der Waals surface area (Å²) in [7, 11) is 0. The van der Waals surface area contributed by atoms with Gasteiger partial charge in [-0.25, -0.2) is 9.18 Å². The number of allylic oxidation sites excluding steroid dienone is 1. The molecule has 0 aliphatic heterocycles. The SMILES string of the molecule is C=C(CC(F)(C(C)=O)C(=O)OCC)C1(C(C)=O)CCCCC1=O. The van der Waals surface area contributed by atoms with Gasteiger partial charge in [0.1, 0.15) is 17.0 Å². The van der Waals surface area contributed by atoms with E-state index in [0.29, 0.717) is 12.8 Å². The average molecular weight is 326 g/mol. The number of carbonyl (C=O) groups is 4. The van der Waals surface area contributed by atoms with Gasteiger partial charge in [-0.1, -0.05) is 18.6 Å². The molecule has 0 aromatic carbocycles. The highest BCUT2D eigenvalue weighted by Crippen LogP contribution is 2.44.